The van der Waals surface area contributed by atoms with Crippen molar-refractivity contribution in [2.75, 3.05) is 13.1 Å². The fourth-order valence-corrected chi connectivity index (χ4v) is 5.06. The number of rotatable bonds is 4. The van der Waals surface area contributed by atoms with E-state index in [2.05, 4.69) is 76.5 Å². The smallest absolute Gasteiger partial charge is 0.128 e. The van der Waals surface area contributed by atoms with Gasteiger partial charge in [0.2, 0.25) is 0 Å². The number of piperidine rings is 1. The van der Waals surface area contributed by atoms with Crippen molar-refractivity contribution >= 4 is 0 Å². The highest BCUT2D eigenvalue weighted by Crippen LogP contribution is 2.34. The highest BCUT2D eigenvalue weighted by atomic mass is 19.1. The van der Waals surface area contributed by atoms with E-state index in [1.807, 2.05) is 6.07 Å². The van der Waals surface area contributed by atoms with Gasteiger partial charge in [-0.15, -0.1) is 0 Å². The molecule has 3 heteroatoms. The zero-order chi connectivity index (χ0) is 19.6. The number of nitrogens with zero attached hydrogens (tertiary/aromatic N) is 2. The van der Waals surface area contributed by atoms with Crippen LogP contribution in [0.1, 0.15) is 41.1 Å². The summed E-state index contributed by atoms with van der Waals surface area (Å²) in [5.41, 5.74) is 4.78. The fourth-order valence-electron chi connectivity index (χ4n) is 5.06. The number of likely N-dealkylation sites (tertiary alicyclic amines) is 1. The van der Waals surface area contributed by atoms with E-state index in [1.165, 1.54) is 16.7 Å². The SMILES string of the molecule is Fc1cccc2c1CN(C1CCN(C(c3ccccc3)c3ccccc3)CC1)C2. The first-order valence-corrected chi connectivity index (χ1v) is 10.6. The zero-order valence-electron chi connectivity index (χ0n) is 16.7. The molecule has 3 aromatic rings. The second kappa shape index (κ2) is 8.10. The predicted molar refractivity (Wildman–Crippen MR) is 115 cm³/mol. The number of hydrogen-bond donors (Lipinski definition) is 0. The van der Waals surface area contributed by atoms with Crippen molar-refractivity contribution in [3.05, 3.63) is 107 Å². The summed E-state index contributed by atoms with van der Waals surface area (Å²) in [5.74, 6) is -0.0457. The molecule has 1 fully saturated rings. The van der Waals surface area contributed by atoms with Crippen LogP contribution in [0.4, 0.5) is 4.39 Å². The minimum Gasteiger partial charge on any atom is -0.292 e. The molecular weight excluding hydrogens is 359 g/mol. The average molecular weight is 387 g/mol. The van der Waals surface area contributed by atoms with Gasteiger partial charge < -0.3 is 0 Å². The molecule has 5 rings (SSSR count). The molecule has 0 unspecified atom stereocenters. The molecule has 0 aromatic heterocycles. The van der Waals surface area contributed by atoms with Gasteiger partial charge in [-0.2, -0.15) is 0 Å². The van der Waals surface area contributed by atoms with Gasteiger partial charge in [0.05, 0.1) is 6.04 Å². The van der Waals surface area contributed by atoms with E-state index in [0.29, 0.717) is 12.1 Å². The maximum atomic E-state index is 14.1. The molecule has 0 amide bonds. The van der Waals surface area contributed by atoms with Crippen LogP contribution in [0.15, 0.2) is 78.9 Å². The third-order valence-electron chi connectivity index (χ3n) is 6.56. The van der Waals surface area contributed by atoms with Gasteiger partial charge in [0.15, 0.2) is 0 Å². The van der Waals surface area contributed by atoms with Crippen molar-refractivity contribution in [1.82, 2.24) is 9.80 Å². The minimum absolute atomic E-state index is 0.0457. The molecular formula is C26H27FN2. The quantitative estimate of drug-likeness (QED) is 0.593. The topological polar surface area (TPSA) is 6.48 Å². The maximum absolute atomic E-state index is 14.1. The standard InChI is InChI=1S/C26H27FN2/c27-25-13-7-12-22-18-29(19-24(22)25)23-14-16-28(17-15-23)26(20-8-3-1-4-9-20)21-10-5-2-6-11-21/h1-13,23,26H,14-19H2. The highest BCUT2D eigenvalue weighted by Gasteiger charge is 2.32. The van der Waals surface area contributed by atoms with Crippen LogP contribution >= 0.6 is 0 Å². The van der Waals surface area contributed by atoms with Crippen LogP contribution in [-0.2, 0) is 13.1 Å². The Morgan fingerprint density at radius 1 is 0.724 bits per heavy atom. The van der Waals surface area contributed by atoms with Gasteiger partial charge in [-0.05, 0) is 35.6 Å². The minimum atomic E-state index is -0.0457. The van der Waals surface area contributed by atoms with Gasteiger partial charge in [-0.3, -0.25) is 9.80 Å². The average Bonchev–Trinajstić information content (AvgIpc) is 3.22. The van der Waals surface area contributed by atoms with E-state index in [0.717, 1.165) is 44.6 Å². The van der Waals surface area contributed by atoms with Gasteiger partial charge >= 0.3 is 0 Å². The molecule has 29 heavy (non-hydrogen) atoms. The third-order valence-corrected chi connectivity index (χ3v) is 6.56. The molecule has 0 atom stereocenters. The monoisotopic (exact) mass is 386 g/mol. The van der Waals surface area contributed by atoms with E-state index in [-0.39, 0.29) is 5.82 Å². The molecule has 0 radical (unpaired) electrons. The van der Waals surface area contributed by atoms with Gasteiger partial charge in [0.1, 0.15) is 5.82 Å². The van der Waals surface area contributed by atoms with E-state index in [4.69, 9.17) is 0 Å². The van der Waals surface area contributed by atoms with Crippen LogP contribution in [0, 0.1) is 5.82 Å². The molecule has 0 aliphatic carbocycles. The van der Waals surface area contributed by atoms with Gasteiger partial charge in [0, 0.05) is 37.8 Å². The summed E-state index contributed by atoms with van der Waals surface area (Å²) in [6.45, 7) is 3.77. The summed E-state index contributed by atoms with van der Waals surface area (Å²) in [7, 11) is 0. The van der Waals surface area contributed by atoms with Crippen molar-refractivity contribution in [1.29, 1.82) is 0 Å². The fraction of sp³-hybridized carbons (Fsp3) is 0.308. The Kier molecular flexibility index (Phi) is 5.17. The molecule has 2 aliphatic rings. The van der Waals surface area contributed by atoms with Crippen LogP contribution in [0.25, 0.3) is 0 Å². The van der Waals surface area contributed by atoms with E-state index >= 15 is 0 Å². The van der Waals surface area contributed by atoms with Crippen LogP contribution < -0.4 is 0 Å². The van der Waals surface area contributed by atoms with E-state index in [1.54, 1.807) is 6.07 Å². The summed E-state index contributed by atoms with van der Waals surface area (Å²) >= 11 is 0. The lowest BCUT2D eigenvalue weighted by atomic mass is 9.93. The lowest BCUT2D eigenvalue weighted by Crippen LogP contribution is -2.44. The molecule has 1 saturated heterocycles. The lowest BCUT2D eigenvalue weighted by molar-refractivity contribution is 0.0908. The summed E-state index contributed by atoms with van der Waals surface area (Å²) in [4.78, 5) is 5.09. The molecule has 0 bridgehead atoms. The summed E-state index contributed by atoms with van der Waals surface area (Å²) in [6.07, 6.45) is 2.26. The first-order valence-electron chi connectivity index (χ1n) is 10.6. The second-order valence-corrected chi connectivity index (χ2v) is 8.27. The van der Waals surface area contributed by atoms with Crippen LogP contribution in [0.2, 0.25) is 0 Å². The van der Waals surface area contributed by atoms with Crippen LogP contribution in [0.5, 0.6) is 0 Å². The number of fused-ring (bicyclic) bond motifs is 1. The molecule has 2 aliphatic heterocycles. The van der Waals surface area contributed by atoms with Crippen molar-refractivity contribution in [2.24, 2.45) is 0 Å². The summed E-state index contributed by atoms with van der Waals surface area (Å²) < 4.78 is 14.1. The number of benzene rings is 3. The normalized spacial score (nSPS) is 18.3. The Morgan fingerprint density at radius 3 is 1.93 bits per heavy atom. The molecule has 3 aromatic carbocycles. The van der Waals surface area contributed by atoms with Crippen molar-refractivity contribution in [2.45, 2.75) is 38.0 Å². The van der Waals surface area contributed by atoms with Gasteiger partial charge in [0.25, 0.3) is 0 Å². The molecule has 0 saturated carbocycles. The highest BCUT2D eigenvalue weighted by molar-refractivity contribution is 5.33. The molecule has 0 N–H and O–H groups in total. The Labute approximate surface area is 172 Å². The maximum Gasteiger partial charge on any atom is 0.128 e. The first-order chi connectivity index (χ1) is 14.3. The van der Waals surface area contributed by atoms with Gasteiger partial charge in [-0.25, -0.2) is 4.39 Å². The Morgan fingerprint density at radius 2 is 1.34 bits per heavy atom. The van der Waals surface area contributed by atoms with E-state index in [9.17, 15) is 4.39 Å². The van der Waals surface area contributed by atoms with Crippen molar-refractivity contribution in [3.63, 3.8) is 0 Å². The largest absolute Gasteiger partial charge is 0.292 e. The first kappa shape index (κ1) is 18.5. The van der Waals surface area contributed by atoms with Crippen LogP contribution in [-0.4, -0.2) is 28.9 Å². The van der Waals surface area contributed by atoms with Crippen LogP contribution in [0.3, 0.4) is 0 Å². The van der Waals surface area contributed by atoms with Crippen molar-refractivity contribution < 1.29 is 4.39 Å². The number of halogens is 1. The molecule has 0 spiro atoms. The summed E-state index contributed by atoms with van der Waals surface area (Å²) in [5, 5.41) is 0. The Balaban J connectivity index is 1.31. The van der Waals surface area contributed by atoms with E-state index < -0.39 is 0 Å². The summed E-state index contributed by atoms with van der Waals surface area (Å²) in [6, 6.07) is 28.0. The molecule has 148 valence electrons. The molecule has 2 nitrogen and oxygen atoms in total. The van der Waals surface area contributed by atoms with Crippen molar-refractivity contribution in [3.8, 4) is 0 Å². The Bertz CT molecular complexity index is 909. The zero-order valence-corrected chi connectivity index (χ0v) is 16.7. The third kappa shape index (κ3) is 3.73. The van der Waals surface area contributed by atoms with Gasteiger partial charge in [-0.1, -0.05) is 72.8 Å². The second-order valence-electron chi connectivity index (χ2n) is 8.27. The molecule has 2 heterocycles. The number of hydrogen-bond acceptors (Lipinski definition) is 2. The predicted octanol–water partition coefficient (Wildman–Crippen LogP) is 5.40. The Hall–Kier alpha value is -2.49. The lowest BCUT2D eigenvalue weighted by Gasteiger charge is -2.40.